The highest BCUT2D eigenvalue weighted by molar-refractivity contribution is 6.28. The summed E-state index contributed by atoms with van der Waals surface area (Å²) in [4.78, 5) is 10.2. The molecule has 0 radical (unpaired) electrons. The highest BCUT2D eigenvalue weighted by atomic mass is 35.5. The van der Waals surface area contributed by atoms with Gasteiger partial charge in [-0.05, 0) is 31.4 Å². The minimum atomic E-state index is 0.0800. The van der Waals surface area contributed by atoms with Crippen molar-refractivity contribution in [1.29, 1.82) is 0 Å². The van der Waals surface area contributed by atoms with Crippen LogP contribution in [0, 0.1) is 6.92 Å². The van der Waals surface area contributed by atoms with Crippen LogP contribution in [0.15, 0.2) is 0 Å². The molecule has 1 aliphatic carbocycles. The Balaban J connectivity index is 2.35. The van der Waals surface area contributed by atoms with E-state index in [1.165, 1.54) is 0 Å². The zero-order valence-electron chi connectivity index (χ0n) is 9.15. The second-order valence-electron chi connectivity index (χ2n) is 3.96. The minimum Gasteiger partial charge on any atom is -0.395 e. The highest BCUT2D eigenvalue weighted by Crippen LogP contribution is 2.34. The lowest BCUT2D eigenvalue weighted by Gasteiger charge is -2.24. The van der Waals surface area contributed by atoms with Crippen LogP contribution >= 0.6 is 11.6 Å². The first-order valence-electron chi connectivity index (χ1n) is 5.30. The standard InChI is InChI=1S/C10H15ClN4O/c1-6-8(12)9(14-10(11)13-6)15(4-5-16)7-2-3-7/h7,16H,2-5,12H2,1H3. The number of nitrogens with two attached hydrogens (primary N) is 1. The topological polar surface area (TPSA) is 75.3 Å². The Morgan fingerprint density at radius 1 is 1.50 bits per heavy atom. The van der Waals surface area contributed by atoms with Crippen LogP contribution in [0.4, 0.5) is 11.5 Å². The van der Waals surface area contributed by atoms with Crippen LogP contribution in [0.2, 0.25) is 5.28 Å². The number of hydrogen-bond donors (Lipinski definition) is 2. The number of hydrogen-bond acceptors (Lipinski definition) is 5. The second-order valence-corrected chi connectivity index (χ2v) is 4.30. The fraction of sp³-hybridized carbons (Fsp3) is 0.600. The summed E-state index contributed by atoms with van der Waals surface area (Å²) in [7, 11) is 0. The molecular formula is C10H15ClN4O. The number of aliphatic hydroxyl groups is 1. The summed E-state index contributed by atoms with van der Waals surface area (Å²) in [5.41, 5.74) is 7.17. The van der Waals surface area contributed by atoms with Gasteiger partial charge >= 0.3 is 0 Å². The van der Waals surface area contributed by atoms with Crippen molar-refractivity contribution >= 4 is 23.1 Å². The summed E-state index contributed by atoms with van der Waals surface area (Å²) in [5, 5.41) is 9.24. The first-order chi connectivity index (χ1) is 7.63. The van der Waals surface area contributed by atoms with Gasteiger partial charge < -0.3 is 15.7 Å². The molecule has 0 unspecified atom stereocenters. The number of nitrogen functional groups attached to an aromatic ring is 1. The van der Waals surface area contributed by atoms with Gasteiger partial charge in [-0.1, -0.05) is 0 Å². The molecule has 1 aliphatic rings. The Morgan fingerprint density at radius 3 is 2.75 bits per heavy atom. The highest BCUT2D eigenvalue weighted by Gasteiger charge is 2.31. The Kier molecular flexibility index (Phi) is 3.16. The van der Waals surface area contributed by atoms with Crippen molar-refractivity contribution in [2.75, 3.05) is 23.8 Å². The summed E-state index contributed by atoms with van der Waals surface area (Å²) in [6.45, 7) is 2.41. The number of anilines is 2. The van der Waals surface area contributed by atoms with E-state index in [1.54, 1.807) is 6.92 Å². The fourth-order valence-electron chi connectivity index (χ4n) is 1.71. The van der Waals surface area contributed by atoms with E-state index in [0.29, 0.717) is 29.8 Å². The zero-order chi connectivity index (χ0) is 11.7. The molecule has 1 aromatic rings. The van der Waals surface area contributed by atoms with Crippen molar-refractivity contribution in [3.05, 3.63) is 11.0 Å². The molecule has 0 spiro atoms. The van der Waals surface area contributed by atoms with Gasteiger partial charge in [-0.25, -0.2) is 4.98 Å². The van der Waals surface area contributed by atoms with Crippen LogP contribution in [0.3, 0.4) is 0 Å². The molecule has 0 bridgehead atoms. The third-order valence-electron chi connectivity index (χ3n) is 2.69. The average Bonchev–Trinajstić information content (AvgIpc) is 3.04. The van der Waals surface area contributed by atoms with Crippen LogP contribution in [-0.4, -0.2) is 34.3 Å². The van der Waals surface area contributed by atoms with Gasteiger partial charge in [0.05, 0.1) is 18.0 Å². The van der Waals surface area contributed by atoms with Gasteiger partial charge in [-0.2, -0.15) is 4.98 Å². The number of halogens is 1. The third kappa shape index (κ3) is 2.20. The first kappa shape index (κ1) is 11.4. The molecule has 2 rings (SSSR count). The molecule has 5 nitrogen and oxygen atoms in total. The second kappa shape index (κ2) is 4.43. The van der Waals surface area contributed by atoms with Crippen molar-refractivity contribution in [2.45, 2.75) is 25.8 Å². The van der Waals surface area contributed by atoms with Gasteiger partial charge in [0.2, 0.25) is 5.28 Å². The largest absolute Gasteiger partial charge is 0.395 e. The third-order valence-corrected chi connectivity index (χ3v) is 2.86. The van der Waals surface area contributed by atoms with Gasteiger partial charge in [0.1, 0.15) is 0 Å². The number of aliphatic hydroxyl groups excluding tert-OH is 1. The molecule has 16 heavy (non-hydrogen) atoms. The average molecular weight is 243 g/mol. The summed E-state index contributed by atoms with van der Waals surface area (Å²) < 4.78 is 0. The molecule has 0 amide bonds. The van der Waals surface area contributed by atoms with Crippen molar-refractivity contribution < 1.29 is 5.11 Å². The Labute approximate surface area is 99.3 Å². The maximum absolute atomic E-state index is 9.05. The number of aromatic nitrogens is 2. The molecule has 0 aliphatic heterocycles. The van der Waals surface area contributed by atoms with E-state index in [1.807, 2.05) is 4.90 Å². The van der Waals surface area contributed by atoms with E-state index in [-0.39, 0.29) is 11.9 Å². The molecular weight excluding hydrogens is 228 g/mol. The maximum Gasteiger partial charge on any atom is 0.224 e. The van der Waals surface area contributed by atoms with E-state index in [4.69, 9.17) is 22.4 Å². The van der Waals surface area contributed by atoms with Gasteiger partial charge in [0.25, 0.3) is 0 Å². The van der Waals surface area contributed by atoms with Crippen molar-refractivity contribution in [1.82, 2.24) is 9.97 Å². The predicted octanol–water partition coefficient (Wildman–Crippen LogP) is 0.982. The summed E-state index contributed by atoms with van der Waals surface area (Å²) in [5.74, 6) is 0.647. The Hall–Kier alpha value is -1.07. The van der Waals surface area contributed by atoms with Crippen molar-refractivity contribution in [3.63, 3.8) is 0 Å². The van der Waals surface area contributed by atoms with Gasteiger partial charge in [0, 0.05) is 12.6 Å². The summed E-state index contributed by atoms with van der Waals surface area (Å²) in [6, 6.07) is 0.430. The van der Waals surface area contributed by atoms with Crippen LogP contribution in [0.1, 0.15) is 18.5 Å². The van der Waals surface area contributed by atoms with E-state index in [9.17, 15) is 0 Å². The van der Waals surface area contributed by atoms with Crippen molar-refractivity contribution in [2.24, 2.45) is 0 Å². The minimum absolute atomic E-state index is 0.0800. The van der Waals surface area contributed by atoms with Crippen LogP contribution in [-0.2, 0) is 0 Å². The first-order valence-corrected chi connectivity index (χ1v) is 5.68. The number of rotatable bonds is 4. The molecule has 0 aromatic carbocycles. The quantitative estimate of drug-likeness (QED) is 0.770. The molecule has 3 N–H and O–H groups in total. The van der Waals surface area contributed by atoms with E-state index >= 15 is 0 Å². The van der Waals surface area contributed by atoms with E-state index in [2.05, 4.69) is 9.97 Å². The van der Waals surface area contributed by atoms with Gasteiger partial charge in [-0.3, -0.25) is 0 Å². The smallest absolute Gasteiger partial charge is 0.224 e. The SMILES string of the molecule is Cc1nc(Cl)nc(N(CCO)C2CC2)c1N. The molecule has 1 saturated carbocycles. The van der Waals surface area contributed by atoms with E-state index < -0.39 is 0 Å². The monoisotopic (exact) mass is 242 g/mol. The predicted molar refractivity (Wildman–Crippen MR) is 63.6 cm³/mol. The summed E-state index contributed by atoms with van der Waals surface area (Å²) in [6.07, 6.45) is 2.22. The molecule has 1 aromatic heterocycles. The summed E-state index contributed by atoms with van der Waals surface area (Å²) >= 11 is 5.82. The Morgan fingerprint density at radius 2 is 2.19 bits per heavy atom. The van der Waals surface area contributed by atoms with E-state index in [0.717, 1.165) is 12.8 Å². The van der Waals surface area contributed by atoms with Crippen LogP contribution in [0.25, 0.3) is 0 Å². The molecule has 1 heterocycles. The number of aryl methyl sites for hydroxylation is 1. The fourth-order valence-corrected chi connectivity index (χ4v) is 1.91. The molecule has 6 heteroatoms. The lowest BCUT2D eigenvalue weighted by Crippen LogP contribution is -2.31. The molecule has 1 fully saturated rings. The maximum atomic E-state index is 9.05. The Bertz CT molecular complexity index is 395. The lowest BCUT2D eigenvalue weighted by molar-refractivity contribution is 0.301. The molecule has 0 atom stereocenters. The zero-order valence-corrected chi connectivity index (χ0v) is 9.91. The van der Waals surface area contributed by atoms with Crippen LogP contribution < -0.4 is 10.6 Å². The van der Waals surface area contributed by atoms with Gasteiger partial charge in [0.15, 0.2) is 5.82 Å². The lowest BCUT2D eigenvalue weighted by atomic mass is 10.3. The van der Waals surface area contributed by atoms with Crippen molar-refractivity contribution in [3.8, 4) is 0 Å². The van der Waals surface area contributed by atoms with Crippen LogP contribution in [0.5, 0.6) is 0 Å². The van der Waals surface area contributed by atoms with Gasteiger partial charge in [-0.15, -0.1) is 0 Å². The number of nitrogens with zero attached hydrogens (tertiary/aromatic N) is 3. The molecule has 88 valence electrons. The normalized spacial score (nSPS) is 15.2. The molecule has 0 saturated heterocycles.